The maximum Gasteiger partial charge on any atom is 0.229 e. The molecule has 0 spiro atoms. The van der Waals surface area contributed by atoms with Crippen LogP contribution in [0.5, 0.6) is 0 Å². The summed E-state index contributed by atoms with van der Waals surface area (Å²) in [6.07, 6.45) is 0.876. The van der Waals surface area contributed by atoms with Crippen molar-refractivity contribution in [1.29, 1.82) is 0 Å². The molecule has 0 aromatic heterocycles. The summed E-state index contributed by atoms with van der Waals surface area (Å²) in [6, 6.07) is 2.54. The average molecular weight is 308 g/mol. The van der Waals surface area contributed by atoms with Crippen LogP contribution in [0.2, 0.25) is 5.02 Å². The average Bonchev–Trinajstić information content (AvgIpc) is 2.21. The molecule has 0 radical (unpaired) electrons. The maximum absolute atomic E-state index is 14.2. The second-order valence-electron chi connectivity index (χ2n) is 5.24. The van der Waals surface area contributed by atoms with Crippen LogP contribution >= 0.6 is 11.6 Å². The normalized spacial score (nSPS) is 12.3. The SMILES string of the molecule is CC(C)(C)C(=O)c1ccc(Cl)c(NS(C)(=O)=O)c1F. The van der Waals surface area contributed by atoms with Crippen molar-refractivity contribution in [1.82, 2.24) is 0 Å². The molecule has 1 aromatic carbocycles. The van der Waals surface area contributed by atoms with E-state index in [1.807, 2.05) is 4.72 Å². The molecule has 0 bridgehead atoms. The Balaban J connectivity index is 3.41. The Morgan fingerprint density at radius 3 is 2.26 bits per heavy atom. The minimum Gasteiger partial charge on any atom is -0.293 e. The van der Waals surface area contributed by atoms with Crippen molar-refractivity contribution in [2.24, 2.45) is 5.41 Å². The minimum atomic E-state index is -3.69. The smallest absolute Gasteiger partial charge is 0.229 e. The van der Waals surface area contributed by atoms with Crippen molar-refractivity contribution < 1.29 is 17.6 Å². The third-order valence-electron chi connectivity index (χ3n) is 2.30. The van der Waals surface area contributed by atoms with Crippen LogP contribution in [-0.4, -0.2) is 20.5 Å². The van der Waals surface area contributed by atoms with E-state index in [-0.39, 0.29) is 10.6 Å². The maximum atomic E-state index is 14.2. The van der Waals surface area contributed by atoms with Gasteiger partial charge in [0.1, 0.15) is 5.69 Å². The molecule has 1 rings (SSSR count). The van der Waals surface area contributed by atoms with Crippen LogP contribution in [0.25, 0.3) is 0 Å². The number of benzene rings is 1. The monoisotopic (exact) mass is 307 g/mol. The van der Waals surface area contributed by atoms with Crippen molar-refractivity contribution >= 4 is 33.1 Å². The van der Waals surface area contributed by atoms with Crippen molar-refractivity contribution in [3.05, 3.63) is 28.5 Å². The molecule has 0 unspecified atom stereocenters. The van der Waals surface area contributed by atoms with E-state index >= 15 is 0 Å². The Bertz CT molecular complexity index is 621. The molecule has 0 saturated carbocycles. The zero-order valence-corrected chi connectivity index (χ0v) is 12.6. The highest BCUT2D eigenvalue weighted by atomic mass is 35.5. The lowest BCUT2D eigenvalue weighted by Crippen LogP contribution is -2.22. The fraction of sp³-hybridized carbons (Fsp3) is 0.417. The molecule has 0 aliphatic rings. The van der Waals surface area contributed by atoms with Crippen LogP contribution < -0.4 is 4.72 Å². The van der Waals surface area contributed by atoms with Crippen molar-refractivity contribution in [3.8, 4) is 0 Å². The number of nitrogens with one attached hydrogen (secondary N) is 1. The molecule has 19 heavy (non-hydrogen) atoms. The van der Waals surface area contributed by atoms with E-state index < -0.39 is 32.7 Å². The van der Waals surface area contributed by atoms with Gasteiger partial charge >= 0.3 is 0 Å². The lowest BCUT2D eigenvalue weighted by molar-refractivity contribution is 0.0854. The van der Waals surface area contributed by atoms with E-state index in [9.17, 15) is 17.6 Å². The Labute approximate surface area is 117 Å². The number of ketones is 1. The fourth-order valence-electron chi connectivity index (χ4n) is 1.41. The van der Waals surface area contributed by atoms with E-state index in [0.717, 1.165) is 6.26 Å². The largest absolute Gasteiger partial charge is 0.293 e. The molecule has 0 aliphatic heterocycles. The number of hydrogen-bond donors (Lipinski definition) is 1. The number of carbonyl (C=O) groups excluding carboxylic acids is 1. The standard InChI is InChI=1S/C12H15ClFNO3S/c1-12(2,3)11(16)7-5-6-8(13)10(9(7)14)15-19(4,17)18/h5-6,15H,1-4H3. The number of rotatable bonds is 3. The first-order chi connectivity index (χ1) is 8.43. The molecule has 0 aliphatic carbocycles. The molecule has 1 aromatic rings. The lowest BCUT2D eigenvalue weighted by Gasteiger charge is -2.18. The van der Waals surface area contributed by atoms with Crippen molar-refractivity contribution in [2.75, 3.05) is 11.0 Å². The molecule has 0 atom stereocenters. The van der Waals surface area contributed by atoms with Gasteiger partial charge in [0, 0.05) is 5.41 Å². The van der Waals surface area contributed by atoms with Gasteiger partial charge in [-0.05, 0) is 12.1 Å². The quantitative estimate of drug-likeness (QED) is 0.873. The molecule has 0 fully saturated rings. The molecule has 0 heterocycles. The molecule has 4 nitrogen and oxygen atoms in total. The fourth-order valence-corrected chi connectivity index (χ4v) is 2.23. The number of Topliss-reactive ketones (excluding diaryl/α,β-unsaturated/α-hetero) is 1. The summed E-state index contributed by atoms with van der Waals surface area (Å²) in [5, 5.41) is -0.103. The number of carbonyl (C=O) groups is 1. The summed E-state index contributed by atoms with van der Waals surface area (Å²) in [7, 11) is -3.69. The second-order valence-corrected chi connectivity index (χ2v) is 7.39. The van der Waals surface area contributed by atoms with Crippen LogP contribution in [0.3, 0.4) is 0 Å². The van der Waals surface area contributed by atoms with E-state index in [1.165, 1.54) is 12.1 Å². The molecule has 1 N–H and O–H groups in total. The highest BCUT2D eigenvalue weighted by molar-refractivity contribution is 7.92. The van der Waals surface area contributed by atoms with Gasteiger partial charge in [0.25, 0.3) is 0 Å². The first-order valence-corrected chi connectivity index (χ1v) is 7.71. The summed E-state index contributed by atoms with van der Waals surface area (Å²) in [5.74, 6) is -1.39. The van der Waals surface area contributed by atoms with E-state index in [4.69, 9.17) is 11.6 Å². The highest BCUT2D eigenvalue weighted by Crippen LogP contribution is 2.31. The summed E-state index contributed by atoms with van der Waals surface area (Å²) >= 11 is 5.75. The van der Waals surface area contributed by atoms with Gasteiger partial charge in [0.15, 0.2) is 11.6 Å². The Morgan fingerprint density at radius 1 is 1.32 bits per heavy atom. The molecular formula is C12H15ClFNO3S. The van der Waals surface area contributed by atoms with Crippen LogP contribution in [0.4, 0.5) is 10.1 Å². The summed E-state index contributed by atoms with van der Waals surface area (Å²) in [6.45, 7) is 4.94. The van der Waals surface area contributed by atoms with Gasteiger partial charge in [-0.25, -0.2) is 12.8 Å². The van der Waals surface area contributed by atoms with Gasteiger partial charge in [0.05, 0.1) is 16.8 Å². The van der Waals surface area contributed by atoms with E-state index in [0.29, 0.717) is 0 Å². The van der Waals surface area contributed by atoms with Gasteiger partial charge in [-0.1, -0.05) is 32.4 Å². The van der Waals surface area contributed by atoms with Gasteiger partial charge < -0.3 is 0 Å². The Hall–Kier alpha value is -1.14. The Morgan fingerprint density at radius 2 is 1.84 bits per heavy atom. The first-order valence-electron chi connectivity index (χ1n) is 5.44. The summed E-state index contributed by atoms with van der Waals surface area (Å²) < 4.78 is 38.5. The topological polar surface area (TPSA) is 63.2 Å². The van der Waals surface area contributed by atoms with Gasteiger partial charge in [-0.3, -0.25) is 9.52 Å². The van der Waals surface area contributed by atoms with Crippen molar-refractivity contribution in [3.63, 3.8) is 0 Å². The highest BCUT2D eigenvalue weighted by Gasteiger charge is 2.28. The molecular weight excluding hydrogens is 293 g/mol. The zero-order chi connectivity index (χ0) is 15.0. The van der Waals surface area contributed by atoms with E-state index in [1.54, 1.807) is 20.8 Å². The van der Waals surface area contributed by atoms with Crippen molar-refractivity contribution in [2.45, 2.75) is 20.8 Å². The lowest BCUT2D eigenvalue weighted by atomic mass is 9.86. The van der Waals surface area contributed by atoms with Crippen LogP contribution in [0.15, 0.2) is 12.1 Å². The molecule has 7 heteroatoms. The zero-order valence-electron chi connectivity index (χ0n) is 11.0. The first kappa shape index (κ1) is 15.9. The van der Waals surface area contributed by atoms with Crippen LogP contribution in [0, 0.1) is 11.2 Å². The predicted octanol–water partition coefficient (Wildman–Crippen LogP) is 3.08. The number of hydrogen-bond acceptors (Lipinski definition) is 3. The summed E-state index contributed by atoms with van der Waals surface area (Å²) in [4.78, 5) is 12.1. The number of anilines is 1. The van der Waals surface area contributed by atoms with Gasteiger partial charge in [-0.2, -0.15) is 0 Å². The van der Waals surface area contributed by atoms with Crippen LogP contribution in [-0.2, 0) is 10.0 Å². The molecule has 0 amide bonds. The predicted molar refractivity (Wildman–Crippen MR) is 73.7 cm³/mol. The third kappa shape index (κ3) is 3.91. The molecule has 106 valence electrons. The molecule has 0 saturated heterocycles. The summed E-state index contributed by atoms with van der Waals surface area (Å²) in [5.41, 5.74) is -1.38. The number of halogens is 2. The van der Waals surface area contributed by atoms with Gasteiger partial charge in [0.2, 0.25) is 10.0 Å². The van der Waals surface area contributed by atoms with Crippen LogP contribution in [0.1, 0.15) is 31.1 Å². The van der Waals surface area contributed by atoms with E-state index in [2.05, 4.69) is 0 Å². The minimum absolute atomic E-state index is 0.103. The van der Waals surface area contributed by atoms with Gasteiger partial charge in [-0.15, -0.1) is 0 Å². The third-order valence-corrected chi connectivity index (χ3v) is 3.19. The Kier molecular flexibility index (Phi) is 4.27. The second kappa shape index (κ2) is 5.09. The number of sulfonamides is 1.